The normalized spacial score (nSPS) is 17.6. The Morgan fingerprint density at radius 3 is 3.04 bits per heavy atom. The molecule has 0 radical (unpaired) electrons. The molecule has 1 fully saturated rings. The number of carbonyl (C=O) groups is 1. The summed E-state index contributed by atoms with van der Waals surface area (Å²) in [6, 6.07) is 7.88. The van der Waals surface area contributed by atoms with Crippen molar-refractivity contribution in [2.75, 3.05) is 19.7 Å². The average molecular weight is 351 g/mol. The lowest BCUT2D eigenvalue weighted by atomic mass is 10.1. The molecule has 0 aliphatic carbocycles. The predicted octanol–water partition coefficient (Wildman–Crippen LogP) is 2.98. The number of rotatable bonds is 3. The molecule has 1 amide bonds. The number of ether oxygens (including phenoxy) is 1. The summed E-state index contributed by atoms with van der Waals surface area (Å²) in [7, 11) is 0. The first-order valence-electron chi connectivity index (χ1n) is 8.76. The van der Waals surface area contributed by atoms with Gasteiger partial charge in [-0.05, 0) is 31.5 Å². The molecule has 1 aromatic carbocycles. The molecule has 1 unspecified atom stereocenters. The Hall–Kier alpha value is -2.73. The summed E-state index contributed by atoms with van der Waals surface area (Å²) >= 11 is 0. The molecule has 1 aliphatic heterocycles. The van der Waals surface area contributed by atoms with Crippen LogP contribution in [0.2, 0.25) is 0 Å². The summed E-state index contributed by atoms with van der Waals surface area (Å²) in [6.07, 6.45) is 3.44. The van der Waals surface area contributed by atoms with Gasteiger partial charge in [0.05, 0.1) is 25.8 Å². The number of aromatic nitrogens is 2. The molecular weight excluding hydrogens is 330 g/mol. The van der Waals surface area contributed by atoms with Gasteiger partial charge < -0.3 is 14.1 Å². The molecule has 3 aromatic rings. The van der Waals surface area contributed by atoms with Crippen LogP contribution in [0.25, 0.3) is 11.0 Å². The molecule has 6 nitrogen and oxygen atoms in total. The van der Waals surface area contributed by atoms with Gasteiger partial charge in [0.1, 0.15) is 11.7 Å². The number of amides is 1. The van der Waals surface area contributed by atoms with Crippen molar-refractivity contribution in [1.29, 1.82) is 0 Å². The molecule has 4 rings (SSSR count). The van der Waals surface area contributed by atoms with Crippen molar-refractivity contribution in [2.45, 2.75) is 26.4 Å². The first-order chi connectivity index (χ1) is 12.6. The molecule has 26 heavy (non-hydrogen) atoms. The van der Waals surface area contributed by atoms with E-state index in [1.165, 1.54) is 0 Å². The molecule has 1 atom stereocenters. The summed E-state index contributed by atoms with van der Waals surface area (Å²) in [5.74, 6) is 0.695. The second-order valence-electron chi connectivity index (χ2n) is 6.69. The summed E-state index contributed by atoms with van der Waals surface area (Å²) in [4.78, 5) is 23.4. The Kier molecular flexibility index (Phi) is 4.42. The summed E-state index contributed by atoms with van der Waals surface area (Å²) in [5.41, 5.74) is 3.77. The van der Waals surface area contributed by atoms with Crippen LogP contribution >= 0.6 is 0 Å². The zero-order valence-electron chi connectivity index (χ0n) is 14.9. The lowest BCUT2D eigenvalue weighted by Gasteiger charge is -2.32. The zero-order valence-corrected chi connectivity index (χ0v) is 14.9. The van der Waals surface area contributed by atoms with Gasteiger partial charge in [-0.15, -0.1) is 0 Å². The van der Waals surface area contributed by atoms with E-state index in [1.807, 2.05) is 43.0 Å². The smallest absolute Gasteiger partial charge is 0.227 e. The van der Waals surface area contributed by atoms with Gasteiger partial charge in [-0.25, -0.2) is 9.97 Å². The van der Waals surface area contributed by atoms with Crippen molar-refractivity contribution in [3.63, 3.8) is 0 Å². The van der Waals surface area contributed by atoms with Crippen LogP contribution in [0.4, 0.5) is 0 Å². The van der Waals surface area contributed by atoms with E-state index in [0.717, 1.165) is 27.8 Å². The van der Waals surface area contributed by atoms with Crippen molar-refractivity contribution in [2.24, 2.45) is 0 Å². The highest BCUT2D eigenvalue weighted by molar-refractivity contribution is 5.88. The van der Waals surface area contributed by atoms with E-state index in [1.54, 1.807) is 12.5 Å². The number of nitrogens with zero attached hydrogens (tertiary/aromatic N) is 3. The van der Waals surface area contributed by atoms with E-state index in [2.05, 4.69) is 9.97 Å². The first-order valence-corrected chi connectivity index (χ1v) is 8.76. The van der Waals surface area contributed by atoms with Gasteiger partial charge in [-0.3, -0.25) is 4.79 Å². The molecule has 1 saturated heterocycles. The molecule has 134 valence electrons. The molecular formula is C20H21N3O3. The van der Waals surface area contributed by atoms with E-state index in [0.29, 0.717) is 31.9 Å². The highest BCUT2D eigenvalue weighted by Gasteiger charge is 2.27. The Labute approximate surface area is 151 Å². The quantitative estimate of drug-likeness (QED) is 0.726. The largest absolute Gasteiger partial charge is 0.464 e. The number of furan rings is 1. The number of carbonyl (C=O) groups excluding carboxylic acids is 1. The SMILES string of the molecule is Cc1ccc2c(CC(=O)N3CCOC(c4nccc(C)n4)C3)coc2c1. The highest BCUT2D eigenvalue weighted by atomic mass is 16.5. The van der Waals surface area contributed by atoms with Crippen LogP contribution < -0.4 is 0 Å². The van der Waals surface area contributed by atoms with E-state index in [4.69, 9.17) is 9.15 Å². The van der Waals surface area contributed by atoms with Crippen molar-refractivity contribution in [1.82, 2.24) is 14.9 Å². The molecule has 3 heterocycles. The van der Waals surface area contributed by atoms with Crippen LogP contribution in [0.1, 0.15) is 28.7 Å². The lowest BCUT2D eigenvalue weighted by molar-refractivity contribution is -0.138. The van der Waals surface area contributed by atoms with Gasteiger partial charge in [0, 0.05) is 29.4 Å². The summed E-state index contributed by atoms with van der Waals surface area (Å²) in [6.45, 7) is 5.48. The fraction of sp³-hybridized carbons (Fsp3) is 0.350. The maximum absolute atomic E-state index is 12.8. The molecule has 0 spiro atoms. The molecule has 2 aromatic heterocycles. The zero-order chi connectivity index (χ0) is 18.1. The molecule has 6 heteroatoms. The Bertz CT molecular complexity index is 950. The van der Waals surface area contributed by atoms with Gasteiger partial charge in [0.15, 0.2) is 5.82 Å². The number of hydrogen-bond donors (Lipinski definition) is 0. The second-order valence-corrected chi connectivity index (χ2v) is 6.69. The highest BCUT2D eigenvalue weighted by Crippen LogP contribution is 2.24. The van der Waals surface area contributed by atoms with E-state index in [-0.39, 0.29) is 12.0 Å². The van der Waals surface area contributed by atoms with Gasteiger partial charge in [0.25, 0.3) is 0 Å². The monoisotopic (exact) mass is 351 g/mol. The molecule has 1 aliphatic rings. The third kappa shape index (κ3) is 3.32. The molecule has 0 saturated carbocycles. The van der Waals surface area contributed by atoms with Crippen LogP contribution in [0, 0.1) is 13.8 Å². The fourth-order valence-electron chi connectivity index (χ4n) is 3.26. The number of benzene rings is 1. The number of morpholine rings is 1. The minimum atomic E-state index is -0.281. The van der Waals surface area contributed by atoms with Crippen molar-refractivity contribution in [3.05, 3.63) is 59.4 Å². The van der Waals surface area contributed by atoms with Crippen LogP contribution in [-0.4, -0.2) is 40.5 Å². The number of hydrogen-bond acceptors (Lipinski definition) is 5. The maximum Gasteiger partial charge on any atom is 0.227 e. The van der Waals surface area contributed by atoms with E-state index >= 15 is 0 Å². The standard InChI is InChI=1S/C20H21N3O3/c1-13-3-4-16-15(12-26-17(16)9-13)10-19(24)23-7-8-25-18(11-23)20-21-6-5-14(2)22-20/h3-6,9,12,18H,7-8,10-11H2,1-2H3. The van der Waals surface area contributed by atoms with Crippen molar-refractivity contribution in [3.8, 4) is 0 Å². The lowest BCUT2D eigenvalue weighted by Crippen LogP contribution is -2.43. The fourth-order valence-corrected chi connectivity index (χ4v) is 3.26. The third-order valence-corrected chi connectivity index (χ3v) is 4.67. The van der Waals surface area contributed by atoms with Crippen LogP contribution in [0.5, 0.6) is 0 Å². The minimum Gasteiger partial charge on any atom is -0.464 e. The Morgan fingerprint density at radius 2 is 2.19 bits per heavy atom. The van der Waals surface area contributed by atoms with Crippen molar-refractivity contribution >= 4 is 16.9 Å². The van der Waals surface area contributed by atoms with Crippen LogP contribution in [-0.2, 0) is 16.0 Å². The summed E-state index contributed by atoms with van der Waals surface area (Å²) in [5, 5.41) is 0.996. The maximum atomic E-state index is 12.8. The molecule has 0 bridgehead atoms. The topological polar surface area (TPSA) is 68.5 Å². The second kappa shape index (κ2) is 6.88. The predicted molar refractivity (Wildman–Crippen MR) is 96.7 cm³/mol. The van der Waals surface area contributed by atoms with Gasteiger partial charge in [-0.2, -0.15) is 0 Å². The number of fused-ring (bicyclic) bond motifs is 1. The van der Waals surface area contributed by atoms with Crippen LogP contribution in [0.3, 0.4) is 0 Å². The Morgan fingerprint density at radius 1 is 1.31 bits per heavy atom. The minimum absolute atomic E-state index is 0.0641. The van der Waals surface area contributed by atoms with Gasteiger partial charge in [-0.1, -0.05) is 12.1 Å². The average Bonchev–Trinajstić information content (AvgIpc) is 3.03. The van der Waals surface area contributed by atoms with Gasteiger partial charge in [0.2, 0.25) is 5.91 Å². The Balaban J connectivity index is 1.49. The van der Waals surface area contributed by atoms with Crippen LogP contribution in [0.15, 0.2) is 41.1 Å². The first kappa shape index (κ1) is 16.7. The van der Waals surface area contributed by atoms with E-state index in [9.17, 15) is 4.79 Å². The van der Waals surface area contributed by atoms with Gasteiger partial charge >= 0.3 is 0 Å². The number of aryl methyl sites for hydroxylation is 2. The summed E-state index contributed by atoms with van der Waals surface area (Å²) < 4.78 is 11.4. The van der Waals surface area contributed by atoms with Crippen molar-refractivity contribution < 1.29 is 13.9 Å². The van der Waals surface area contributed by atoms with E-state index < -0.39 is 0 Å². The third-order valence-electron chi connectivity index (χ3n) is 4.67. The molecule has 0 N–H and O–H groups in total.